The predicted molar refractivity (Wildman–Crippen MR) is 202 cm³/mol. The number of benzene rings is 1. The lowest BCUT2D eigenvalue weighted by atomic mass is 9.87. The van der Waals surface area contributed by atoms with E-state index in [9.17, 15) is 24.9 Å². The molecule has 14 heteroatoms. The molecular weight excluding hydrogens is 729 g/mol. The van der Waals surface area contributed by atoms with Crippen molar-refractivity contribution in [3.8, 4) is 0 Å². The number of esters is 2. The van der Waals surface area contributed by atoms with Crippen LogP contribution in [0.4, 0.5) is 0 Å². The molecule has 1 aromatic rings. The summed E-state index contributed by atoms with van der Waals surface area (Å²) in [5, 5.41) is 44.9. The number of cyclic esters (lactones) is 1. The zero-order chi connectivity index (χ0) is 40.1. The Balaban J connectivity index is 0.00000313. The zero-order valence-corrected chi connectivity index (χ0v) is 33.3. The number of halogens is 2. The SMILES string of the molecule is CC[C@H](OC)[C@@H](C)[C@H]1O[C@@H]1C(NCc1c(Cl)cccc1Cl)C(C)(O)/C=C/C=C(\C)[C@@H]1OC(=O)C[C@H](O)CC[C@@](C)(O)[C@@H](OC(C)=O)/C=C/[C@@H]1C.O=CO. The number of ether oxygens (including phenoxy) is 4. The Morgan fingerprint density at radius 3 is 2.40 bits per heavy atom. The van der Waals surface area contributed by atoms with Gasteiger partial charge in [-0.15, -0.1) is 0 Å². The molecular formula is C39H57Cl2NO11. The third-order valence-electron chi connectivity index (χ3n) is 9.75. The molecule has 1 aromatic carbocycles. The third kappa shape index (κ3) is 14.1. The monoisotopic (exact) mass is 785 g/mol. The number of rotatable bonds is 13. The van der Waals surface area contributed by atoms with Crippen molar-refractivity contribution in [2.75, 3.05) is 7.11 Å². The second kappa shape index (κ2) is 21.3. The molecule has 12 nitrogen and oxygen atoms in total. The van der Waals surface area contributed by atoms with Crippen LogP contribution >= 0.6 is 23.2 Å². The van der Waals surface area contributed by atoms with Crippen LogP contribution in [0.15, 0.2) is 54.2 Å². The molecule has 0 aliphatic carbocycles. The molecule has 2 aliphatic rings. The number of aliphatic hydroxyl groups is 3. The van der Waals surface area contributed by atoms with Gasteiger partial charge in [-0.25, -0.2) is 0 Å². The number of aliphatic hydroxyl groups excluding tert-OH is 1. The van der Waals surface area contributed by atoms with Crippen molar-refractivity contribution in [2.45, 2.75) is 135 Å². The minimum absolute atomic E-state index is 0.00373. The maximum Gasteiger partial charge on any atom is 0.309 e. The first-order valence-corrected chi connectivity index (χ1v) is 18.5. The summed E-state index contributed by atoms with van der Waals surface area (Å²) < 4.78 is 23.1. The zero-order valence-electron chi connectivity index (χ0n) is 31.8. The van der Waals surface area contributed by atoms with Crippen LogP contribution in [0.3, 0.4) is 0 Å². The van der Waals surface area contributed by atoms with E-state index in [1.807, 2.05) is 6.92 Å². The van der Waals surface area contributed by atoms with Crippen molar-refractivity contribution in [1.82, 2.24) is 5.32 Å². The highest BCUT2D eigenvalue weighted by Crippen LogP contribution is 2.39. The van der Waals surface area contributed by atoms with Crippen LogP contribution in [-0.2, 0) is 39.9 Å². The summed E-state index contributed by atoms with van der Waals surface area (Å²) in [6.45, 7) is 12.3. The van der Waals surface area contributed by atoms with E-state index in [4.69, 9.17) is 52.1 Å². The van der Waals surface area contributed by atoms with Gasteiger partial charge in [0.05, 0.1) is 36.4 Å². The standard InChI is InChI=1S/C38H55Cl2NO9.CH2O2/c1-9-30(47-8)24(4)34-35(50-34)36(41-21-27-28(39)13-10-14-29(27)40)38(7,46)18-11-12-22(2)33-23(3)15-16-31(48-25(5)42)37(6,45)19-17-26(43)20-32(44)49-33;2-1-3/h10-16,18,23-24,26,30-31,33-36,41,43,45-46H,9,17,19-21H2,1-8H3;1H,(H,2,3)/b16-15+,18-11+,22-12+;/t23-,24+,26+,30-,31-,33-,34+,35-,36?,37+,38?;/m0./s1. The van der Waals surface area contributed by atoms with E-state index in [1.165, 1.54) is 13.8 Å². The molecule has 0 radical (unpaired) electrons. The topological polar surface area (TPSA) is 184 Å². The van der Waals surface area contributed by atoms with E-state index in [1.54, 1.807) is 69.5 Å². The Morgan fingerprint density at radius 2 is 1.83 bits per heavy atom. The highest BCUT2D eigenvalue weighted by molar-refractivity contribution is 6.35. The molecule has 2 unspecified atom stereocenters. The van der Waals surface area contributed by atoms with Crippen LogP contribution in [0.25, 0.3) is 0 Å². The lowest BCUT2D eigenvalue weighted by Crippen LogP contribution is -2.52. The molecule has 2 aliphatic heterocycles. The third-order valence-corrected chi connectivity index (χ3v) is 10.5. The summed E-state index contributed by atoms with van der Waals surface area (Å²) in [7, 11) is 1.69. The highest BCUT2D eigenvalue weighted by Gasteiger charge is 2.54. The average Bonchev–Trinajstić information content (AvgIpc) is 3.86. The van der Waals surface area contributed by atoms with Crippen molar-refractivity contribution >= 4 is 41.6 Å². The Bertz CT molecular complexity index is 1420. The van der Waals surface area contributed by atoms with Gasteiger partial charge >= 0.3 is 11.9 Å². The lowest BCUT2D eigenvalue weighted by Gasteiger charge is -2.32. The number of nitrogens with one attached hydrogen (secondary N) is 1. The fourth-order valence-corrected chi connectivity index (χ4v) is 7.11. The lowest BCUT2D eigenvalue weighted by molar-refractivity contribution is -0.157. The van der Waals surface area contributed by atoms with Gasteiger partial charge in [0.1, 0.15) is 23.9 Å². The van der Waals surface area contributed by atoms with Crippen LogP contribution in [0.2, 0.25) is 10.0 Å². The number of hydrogen-bond donors (Lipinski definition) is 5. The normalized spacial score (nSPS) is 30.2. The molecule has 298 valence electrons. The molecule has 3 rings (SSSR count). The first-order chi connectivity index (χ1) is 24.8. The van der Waals surface area contributed by atoms with E-state index in [-0.39, 0.29) is 50.0 Å². The number of carbonyl (C=O) groups is 3. The molecule has 0 saturated carbocycles. The van der Waals surface area contributed by atoms with E-state index >= 15 is 0 Å². The maximum absolute atomic E-state index is 12.9. The van der Waals surface area contributed by atoms with Crippen LogP contribution in [0, 0.1) is 11.8 Å². The summed E-state index contributed by atoms with van der Waals surface area (Å²) >= 11 is 12.9. The van der Waals surface area contributed by atoms with E-state index in [0.29, 0.717) is 27.7 Å². The van der Waals surface area contributed by atoms with E-state index in [0.717, 1.165) is 6.42 Å². The second-order valence-corrected chi connectivity index (χ2v) is 15.0. The molecule has 0 spiro atoms. The minimum atomic E-state index is -1.47. The van der Waals surface area contributed by atoms with Crippen LogP contribution < -0.4 is 5.32 Å². The van der Waals surface area contributed by atoms with Gasteiger partial charge in [-0.3, -0.25) is 14.4 Å². The van der Waals surface area contributed by atoms with Crippen LogP contribution in [-0.4, -0.2) is 99.8 Å². The number of allylic oxidation sites excluding steroid dienone is 2. The van der Waals surface area contributed by atoms with Gasteiger partial charge in [0.25, 0.3) is 6.47 Å². The first-order valence-electron chi connectivity index (χ1n) is 17.8. The van der Waals surface area contributed by atoms with Crippen molar-refractivity contribution in [3.05, 3.63) is 69.8 Å². The minimum Gasteiger partial charge on any atom is -0.483 e. The molecule has 5 N–H and O–H groups in total. The summed E-state index contributed by atoms with van der Waals surface area (Å²) in [6, 6.07) is 4.74. The Labute approximate surface area is 323 Å². The van der Waals surface area contributed by atoms with Gasteiger partial charge in [0, 0.05) is 48.0 Å². The Hall–Kier alpha value is -2.81. The van der Waals surface area contributed by atoms with Gasteiger partial charge in [0.15, 0.2) is 0 Å². The highest BCUT2D eigenvalue weighted by atomic mass is 35.5. The van der Waals surface area contributed by atoms with Gasteiger partial charge in [0.2, 0.25) is 0 Å². The Morgan fingerprint density at radius 1 is 1.21 bits per heavy atom. The van der Waals surface area contributed by atoms with Crippen LogP contribution in [0.5, 0.6) is 0 Å². The van der Waals surface area contributed by atoms with Crippen molar-refractivity contribution < 1.29 is 53.8 Å². The number of epoxide rings is 1. The molecule has 2 heterocycles. The first kappa shape index (κ1) is 46.3. The molecule has 1 fully saturated rings. The molecule has 53 heavy (non-hydrogen) atoms. The second-order valence-electron chi connectivity index (χ2n) is 14.2. The molecule has 0 amide bonds. The van der Waals surface area contributed by atoms with Crippen molar-refractivity contribution in [2.24, 2.45) is 11.8 Å². The molecule has 0 bridgehead atoms. The number of carbonyl (C=O) groups excluding carboxylic acids is 2. The van der Waals surface area contributed by atoms with E-state index in [2.05, 4.69) is 19.2 Å². The average molecular weight is 787 g/mol. The smallest absolute Gasteiger partial charge is 0.309 e. The number of carboxylic acid groups (broad SMARTS) is 1. The molecule has 1 saturated heterocycles. The quantitative estimate of drug-likeness (QED) is 0.0552. The van der Waals surface area contributed by atoms with Crippen molar-refractivity contribution in [3.63, 3.8) is 0 Å². The summed E-state index contributed by atoms with van der Waals surface area (Å²) in [6.07, 6.45) is 5.97. The fourth-order valence-electron chi connectivity index (χ4n) is 6.58. The Kier molecular flexibility index (Phi) is 18.6. The van der Waals surface area contributed by atoms with Gasteiger partial charge in [-0.05, 0) is 63.8 Å². The number of hydrogen-bond acceptors (Lipinski definition) is 11. The van der Waals surface area contributed by atoms with Gasteiger partial charge in [-0.1, -0.05) is 74.3 Å². The largest absolute Gasteiger partial charge is 0.483 e. The summed E-state index contributed by atoms with van der Waals surface area (Å²) in [5.41, 5.74) is -1.51. The van der Waals surface area contributed by atoms with E-state index < -0.39 is 53.4 Å². The predicted octanol–water partition coefficient (Wildman–Crippen LogP) is 5.57. The molecule has 11 atom stereocenters. The van der Waals surface area contributed by atoms with Crippen LogP contribution in [0.1, 0.15) is 79.7 Å². The fraction of sp³-hybridized carbons (Fsp3) is 0.615. The number of methoxy groups -OCH3 is 1. The summed E-state index contributed by atoms with van der Waals surface area (Å²) in [5.74, 6) is -1.46. The summed E-state index contributed by atoms with van der Waals surface area (Å²) in [4.78, 5) is 33.1. The van der Waals surface area contributed by atoms with Gasteiger partial charge < -0.3 is 44.7 Å². The maximum atomic E-state index is 12.9. The van der Waals surface area contributed by atoms with Crippen molar-refractivity contribution in [1.29, 1.82) is 0 Å². The molecule has 0 aromatic heterocycles. The van der Waals surface area contributed by atoms with Gasteiger partial charge in [-0.2, -0.15) is 0 Å².